The fraction of sp³-hybridized carbons (Fsp3) is 0. The van der Waals surface area contributed by atoms with Crippen LogP contribution >= 0.6 is 0 Å². The number of hydrogen-bond donors (Lipinski definition) is 1. The Morgan fingerprint density at radius 1 is 1.33 bits per heavy atom. The summed E-state index contributed by atoms with van der Waals surface area (Å²) in [6, 6.07) is 0. The summed E-state index contributed by atoms with van der Waals surface area (Å²) in [7, 11) is 0. The van der Waals surface area contributed by atoms with Gasteiger partial charge in [0.05, 0.1) is 0 Å². The second kappa shape index (κ2) is 2.40. The van der Waals surface area contributed by atoms with Crippen molar-refractivity contribution in [1.82, 2.24) is 3.08 Å². The summed E-state index contributed by atoms with van der Waals surface area (Å²) in [5, 5.41) is 0. The molecule has 0 fully saturated rings. The van der Waals surface area contributed by atoms with Gasteiger partial charge in [0.2, 0.25) is 0 Å². The Balaban J connectivity index is 2.46. The van der Waals surface area contributed by atoms with Gasteiger partial charge in [0.15, 0.2) is 0 Å². The van der Waals surface area contributed by atoms with Crippen LogP contribution in [-0.4, -0.2) is 0 Å². The van der Waals surface area contributed by atoms with Crippen molar-refractivity contribution in [3.63, 3.8) is 0 Å². The zero-order valence-electron chi connectivity index (χ0n) is 3.52. The molecule has 0 aromatic carbocycles. The summed E-state index contributed by atoms with van der Waals surface area (Å²) in [5.74, 6) is 0. The van der Waals surface area contributed by atoms with E-state index in [0.717, 1.165) is 0 Å². The second-order valence-corrected chi connectivity index (χ2v) is 6.20. The number of nitrogens with one attached hydrogen (secondary N) is 1. The predicted molar refractivity (Wildman–Crippen MR) is 21.4 cm³/mol. The summed E-state index contributed by atoms with van der Waals surface area (Å²) in [4.78, 5) is 0. The number of hydrogen-bond acceptors (Lipinski definition) is 1. The topological polar surface area (TPSA) is 12.0 Å². The van der Waals surface area contributed by atoms with E-state index >= 15 is 0 Å². The first kappa shape index (κ1) is 4.38. The molecule has 0 aromatic rings. The summed E-state index contributed by atoms with van der Waals surface area (Å²) >= 11 is -0.604. The first-order valence-electron chi connectivity index (χ1n) is 2.05. The third kappa shape index (κ3) is 1.13. The van der Waals surface area contributed by atoms with Crippen LogP contribution < -0.4 is 3.08 Å². The molecule has 0 amide bonds. The van der Waals surface area contributed by atoms with Gasteiger partial charge in [0.1, 0.15) is 0 Å². The van der Waals surface area contributed by atoms with Crippen LogP contribution in [0.4, 0.5) is 0 Å². The van der Waals surface area contributed by atoms with Gasteiger partial charge in [-0.15, -0.1) is 0 Å². The minimum absolute atomic E-state index is 0.604. The fourth-order valence-electron chi connectivity index (χ4n) is 0.406. The molecular formula is C4H5HgN. The molecule has 1 nitrogen and oxygen atoms in total. The molecule has 1 N–H and O–H groups in total. The zero-order valence-corrected chi connectivity index (χ0v) is 9.01. The molecule has 1 rings (SSSR count). The van der Waals surface area contributed by atoms with E-state index in [-0.39, 0.29) is 0 Å². The van der Waals surface area contributed by atoms with Crippen molar-refractivity contribution in [3.8, 4) is 0 Å². The van der Waals surface area contributed by atoms with E-state index in [1.165, 1.54) is 0 Å². The maximum absolute atomic E-state index is 3.24. The molecule has 0 saturated heterocycles. The van der Waals surface area contributed by atoms with Gasteiger partial charge >= 0.3 is 49.9 Å². The summed E-state index contributed by atoms with van der Waals surface area (Å²) in [6.45, 7) is 0. The summed E-state index contributed by atoms with van der Waals surface area (Å²) in [6.07, 6.45) is 6.18. The van der Waals surface area contributed by atoms with E-state index in [2.05, 4.69) is 12.7 Å². The fourth-order valence-corrected chi connectivity index (χ4v) is 3.13. The van der Waals surface area contributed by atoms with Gasteiger partial charge in [-0.05, 0) is 0 Å². The first-order chi connectivity index (χ1) is 3.00. The Morgan fingerprint density at radius 3 is 2.50 bits per heavy atom. The molecule has 0 aromatic heterocycles. The van der Waals surface area contributed by atoms with E-state index < -0.39 is 24.9 Å². The molecule has 1 heterocycles. The number of rotatable bonds is 0. The Hall–Kier alpha value is 0.215. The molecule has 0 bridgehead atoms. The second-order valence-electron chi connectivity index (χ2n) is 1.20. The van der Waals surface area contributed by atoms with Crippen molar-refractivity contribution in [2.24, 2.45) is 0 Å². The molecule has 0 aliphatic carbocycles. The Morgan fingerprint density at radius 2 is 2.33 bits per heavy atom. The van der Waals surface area contributed by atoms with Crippen molar-refractivity contribution in [1.29, 1.82) is 0 Å². The van der Waals surface area contributed by atoms with Gasteiger partial charge < -0.3 is 0 Å². The molecule has 1 aliphatic rings. The van der Waals surface area contributed by atoms with Gasteiger partial charge in [-0.1, -0.05) is 0 Å². The monoisotopic (exact) mass is 269 g/mol. The average Bonchev–Trinajstić information content (AvgIpc) is 1.72. The Kier molecular flexibility index (Phi) is 1.75. The van der Waals surface area contributed by atoms with Gasteiger partial charge in [0, 0.05) is 0 Å². The molecule has 0 saturated carbocycles. The van der Waals surface area contributed by atoms with Crippen LogP contribution in [0.2, 0.25) is 0 Å². The average molecular weight is 268 g/mol. The van der Waals surface area contributed by atoms with Crippen molar-refractivity contribution in [3.05, 3.63) is 21.9 Å². The molecular weight excluding hydrogens is 263 g/mol. The Labute approximate surface area is 50.0 Å². The maximum atomic E-state index is 3.24. The number of allylic oxidation sites excluding steroid dienone is 2. The van der Waals surface area contributed by atoms with Crippen LogP contribution in [-0.2, 0) is 24.9 Å². The van der Waals surface area contributed by atoms with E-state index in [4.69, 9.17) is 0 Å². The van der Waals surface area contributed by atoms with Crippen LogP contribution in [0.1, 0.15) is 0 Å². The van der Waals surface area contributed by atoms with Crippen LogP contribution in [0.15, 0.2) is 21.9 Å². The molecule has 0 atom stereocenters. The van der Waals surface area contributed by atoms with Crippen molar-refractivity contribution < 1.29 is 24.9 Å². The van der Waals surface area contributed by atoms with Crippen LogP contribution in [0, 0.1) is 0 Å². The summed E-state index contributed by atoms with van der Waals surface area (Å²) < 4.78 is 5.53. The molecule has 2 heteroatoms. The van der Waals surface area contributed by atoms with Gasteiger partial charge in [-0.25, -0.2) is 0 Å². The van der Waals surface area contributed by atoms with Gasteiger partial charge in [-0.3, -0.25) is 0 Å². The van der Waals surface area contributed by atoms with Crippen LogP contribution in [0.5, 0.6) is 0 Å². The quantitative estimate of drug-likeness (QED) is 0.635. The van der Waals surface area contributed by atoms with Gasteiger partial charge in [-0.2, -0.15) is 0 Å². The predicted octanol–water partition coefficient (Wildman–Crippen LogP) is 0.614. The van der Waals surface area contributed by atoms with Crippen molar-refractivity contribution >= 4 is 0 Å². The normalized spacial score (nSPS) is 14.7. The van der Waals surface area contributed by atoms with Crippen molar-refractivity contribution in [2.45, 2.75) is 0 Å². The molecule has 1 aliphatic heterocycles. The van der Waals surface area contributed by atoms with E-state index in [9.17, 15) is 0 Å². The van der Waals surface area contributed by atoms with Gasteiger partial charge in [0.25, 0.3) is 0 Å². The van der Waals surface area contributed by atoms with E-state index in [0.29, 0.717) is 0 Å². The zero-order chi connectivity index (χ0) is 4.24. The van der Waals surface area contributed by atoms with Crippen LogP contribution in [0.3, 0.4) is 0 Å². The Bertz CT molecular complexity index is 73.5. The first-order valence-corrected chi connectivity index (χ1v) is 7.97. The van der Waals surface area contributed by atoms with E-state index in [1.807, 2.05) is 12.3 Å². The standard InChI is InChI=1S/C4H5N.Hg/c1-2-3-4-5;/h1-5H;/q-1;+1. The van der Waals surface area contributed by atoms with Crippen LogP contribution in [0.25, 0.3) is 0 Å². The molecule has 0 spiro atoms. The van der Waals surface area contributed by atoms with Crippen molar-refractivity contribution in [2.75, 3.05) is 0 Å². The third-order valence-electron chi connectivity index (χ3n) is 0.697. The molecule has 0 radical (unpaired) electrons. The summed E-state index contributed by atoms with van der Waals surface area (Å²) in [5.41, 5.74) is 0. The molecule has 0 unspecified atom stereocenters. The third-order valence-corrected chi connectivity index (χ3v) is 4.50. The van der Waals surface area contributed by atoms with E-state index in [1.54, 1.807) is 0 Å². The SMILES string of the molecule is C1=C[NH][Hg][CH]=C1. The molecule has 28 valence electrons. The minimum atomic E-state index is -0.604. The molecule has 6 heavy (non-hydrogen) atoms.